The van der Waals surface area contributed by atoms with Crippen LogP contribution in [0.4, 0.5) is 4.79 Å². The summed E-state index contributed by atoms with van der Waals surface area (Å²) in [5.41, 5.74) is 2.80. The second-order valence-electron chi connectivity index (χ2n) is 7.51. The number of carbonyl (C=O) groups excluding carboxylic acids is 1. The van der Waals surface area contributed by atoms with Gasteiger partial charge in [0.2, 0.25) is 0 Å². The number of nitrogens with zero attached hydrogens (tertiary/aromatic N) is 2. The van der Waals surface area contributed by atoms with Gasteiger partial charge in [-0.25, -0.2) is 4.79 Å². The van der Waals surface area contributed by atoms with Gasteiger partial charge in [0.25, 0.3) is 0 Å². The van der Waals surface area contributed by atoms with Gasteiger partial charge in [-0.2, -0.15) is 0 Å². The van der Waals surface area contributed by atoms with Gasteiger partial charge >= 0.3 is 6.03 Å². The highest BCUT2D eigenvalue weighted by Crippen LogP contribution is 2.29. The molecule has 0 aliphatic carbocycles. The minimum absolute atomic E-state index is 0.0545. The van der Waals surface area contributed by atoms with Crippen molar-refractivity contribution in [3.05, 3.63) is 59.7 Å². The second-order valence-corrected chi connectivity index (χ2v) is 7.51. The summed E-state index contributed by atoms with van der Waals surface area (Å²) in [6.45, 7) is 4.84. The van der Waals surface area contributed by atoms with Crippen LogP contribution in [0.3, 0.4) is 0 Å². The average Bonchev–Trinajstić information content (AvgIpc) is 3.21. The van der Waals surface area contributed by atoms with Crippen molar-refractivity contribution >= 4 is 11.7 Å². The van der Waals surface area contributed by atoms with E-state index in [9.17, 15) is 4.79 Å². The summed E-state index contributed by atoms with van der Waals surface area (Å²) in [6, 6.07) is 15.5. The normalized spacial score (nSPS) is 15.4. The van der Waals surface area contributed by atoms with E-state index in [0.29, 0.717) is 31.0 Å². The van der Waals surface area contributed by atoms with Crippen molar-refractivity contribution in [3.8, 4) is 11.5 Å². The lowest BCUT2D eigenvalue weighted by atomic mass is 10.0. The molecule has 160 valence electrons. The Kier molecular flexibility index (Phi) is 7.17. The van der Waals surface area contributed by atoms with E-state index in [1.54, 1.807) is 19.1 Å². The molecule has 0 saturated heterocycles. The van der Waals surface area contributed by atoms with Crippen LogP contribution in [0.2, 0.25) is 0 Å². The maximum atomic E-state index is 12.7. The van der Waals surface area contributed by atoms with Crippen molar-refractivity contribution < 1.29 is 19.1 Å². The number of ether oxygens (including phenoxy) is 2. The number of benzene rings is 2. The molecule has 1 heterocycles. The summed E-state index contributed by atoms with van der Waals surface area (Å²) in [5, 5.41) is 7.23. The van der Waals surface area contributed by atoms with Crippen molar-refractivity contribution in [1.29, 1.82) is 0 Å². The molecule has 1 aliphatic rings. The zero-order chi connectivity index (χ0) is 21.5. The van der Waals surface area contributed by atoms with Crippen LogP contribution in [0, 0.1) is 0 Å². The molecule has 1 atom stereocenters. The van der Waals surface area contributed by atoms with E-state index in [-0.39, 0.29) is 18.2 Å². The molecular weight excluding hydrogens is 382 g/mol. The molecule has 0 fully saturated rings. The first-order chi connectivity index (χ1) is 14.5. The van der Waals surface area contributed by atoms with Crippen LogP contribution in [0.15, 0.2) is 53.7 Å². The highest BCUT2D eigenvalue weighted by atomic mass is 16.6. The van der Waals surface area contributed by atoms with E-state index in [1.807, 2.05) is 62.4 Å². The fraction of sp³-hybridized carbons (Fsp3) is 0.391. The van der Waals surface area contributed by atoms with Crippen LogP contribution >= 0.6 is 0 Å². The zero-order valence-corrected chi connectivity index (χ0v) is 17.9. The summed E-state index contributed by atoms with van der Waals surface area (Å²) in [6.07, 6.45) is 0.394. The van der Waals surface area contributed by atoms with Crippen LogP contribution in [0.5, 0.6) is 11.5 Å². The molecule has 2 aromatic carbocycles. The van der Waals surface area contributed by atoms with Crippen molar-refractivity contribution in [2.45, 2.75) is 39.0 Å². The predicted molar refractivity (Wildman–Crippen MR) is 116 cm³/mol. The maximum absolute atomic E-state index is 12.7. The Hall–Kier alpha value is -3.22. The molecule has 0 bridgehead atoms. The molecule has 0 saturated carbocycles. The molecule has 7 heteroatoms. The molecule has 2 amide bonds. The van der Waals surface area contributed by atoms with Gasteiger partial charge in [-0.1, -0.05) is 35.5 Å². The molecule has 1 aliphatic heterocycles. The SMILES string of the molecule is COc1ccc(C2=NOC(CN(Cc3ccccc3)C(=O)NC(C)C)C2)cc1OC. The van der Waals surface area contributed by atoms with Crippen LogP contribution in [-0.2, 0) is 11.4 Å². The summed E-state index contributed by atoms with van der Waals surface area (Å²) in [5.74, 6) is 1.31. The van der Waals surface area contributed by atoms with E-state index in [4.69, 9.17) is 14.3 Å². The standard InChI is InChI=1S/C23H29N3O4/c1-16(2)24-23(27)26(14-17-8-6-5-7-9-17)15-19-13-20(25-30-19)18-10-11-21(28-3)22(12-18)29-4/h5-12,16,19H,13-15H2,1-4H3,(H,24,27). The van der Waals surface area contributed by atoms with E-state index in [2.05, 4.69) is 10.5 Å². The summed E-state index contributed by atoms with van der Waals surface area (Å²) < 4.78 is 10.7. The Labute approximate surface area is 177 Å². The van der Waals surface area contributed by atoms with Gasteiger partial charge in [0.05, 0.1) is 26.5 Å². The summed E-state index contributed by atoms with van der Waals surface area (Å²) in [7, 11) is 3.21. The van der Waals surface area contributed by atoms with E-state index >= 15 is 0 Å². The molecular formula is C23H29N3O4. The van der Waals surface area contributed by atoms with Gasteiger partial charge in [0.15, 0.2) is 17.6 Å². The molecule has 7 nitrogen and oxygen atoms in total. The lowest BCUT2D eigenvalue weighted by Gasteiger charge is -2.26. The number of nitrogens with one attached hydrogen (secondary N) is 1. The number of hydrogen-bond acceptors (Lipinski definition) is 5. The fourth-order valence-corrected chi connectivity index (χ4v) is 3.32. The number of rotatable bonds is 8. The van der Waals surface area contributed by atoms with Crippen molar-refractivity contribution in [3.63, 3.8) is 0 Å². The number of urea groups is 1. The minimum atomic E-state index is -0.213. The first-order valence-electron chi connectivity index (χ1n) is 10.0. The Balaban J connectivity index is 1.68. The molecule has 0 aromatic heterocycles. The lowest BCUT2D eigenvalue weighted by molar-refractivity contribution is 0.0586. The van der Waals surface area contributed by atoms with Gasteiger partial charge in [-0.3, -0.25) is 0 Å². The number of oxime groups is 1. The molecule has 2 aromatic rings. The smallest absolute Gasteiger partial charge is 0.318 e. The van der Waals surface area contributed by atoms with E-state index in [0.717, 1.165) is 16.8 Å². The maximum Gasteiger partial charge on any atom is 0.318 e. The molecule has 1 unspecified atom stereocenters. The third-order valence-electron chi connectivity index (χ3n) is 4.79. The van der Waals surface area contributed by atoms with Crippen molar-refractivity contribution in [2.75, 3.05) is 20.8 Å². The topological polar surface area (TPSA) is 72.4 Å². The first-order valence-corrected chi connectivity index (χ1v) is 10.0. The molecule has 0 radical (unpaired) electrons. The number of methoxy groups -OCH3 is 2. The highest BCUT2D eigenvalue weighted by molar-refractivity contribution is 6.01. The van der Waals surface area contributed by atoms with Gasteiger partial charge in [-0.15, -0.1) is 0 Å². The number of hydrogen-bond donors (Lipinski definition) is 1. The van der Waals surface area contributed by atoms with Crippen LogP contribution < -0.4 is 14.8 Å². The first kappa shape index (κ1) is 21.5. The quantitative estimate of drug-likeness (QED) is 0.717. The third kappa shape index (κ3) is 5.43. The Morgan fingerprint density at radius 1 is 1.17 bits per heavy atom. The summed E-state index contributed by atoms with van der Waals surface area (Å²) in [4.78, 5) is 20.2. The monoisotopic (exact) mass is 411 g/mol. The third-order valence-corrected chi connectivity index (χ3v) is 4.79. The molecule has 0 spiro atoms. The van der Waals surface area contributed by atoms with Crippen LogP contribution in [-0.4, -0.2) is 49.6 Å². The Morgan fingerprint density at radius 2 is 1.90 bits per heavy atom. The van der Waals surface area contributed by atoms with Gasteiger partial charge in [-0.05, 0) is 37.6 Å². The second kappa shape index (κ2) is 10.0. The molecule has 30 heavy (non-hydrogen) atoms. The Bertz CT molecular complexity index is 883. The van der Waals surface area contributed by atoms with Crippen LogP contribution in [0.1, 0.15) is 31.4 Å². The van der Waals surface area contributed by atoms with Crippen LogP contribution in [0.25, 0.3) is 0 Å². The van der Waals surface area contributed by atoms with Crippen molar-refractivity contribution in [2.24, 2.45) is 5.16 Å². The predicted octanol–water partition coefficient (Wildman–Crippen LogP) is 3.82. The largest absolute Gasteiger partial charge is 0.493 e. The molecule has 3 rings (SSSR count). The van der Waals surface area contributed by atoms with Gasteiger partial charge in [0, 0.05) is 24.6 Å². The number of carbonyl (C=O) groups is 1. The van der Waals surface area contributed by atoms with E-state index in [1.165, 1.54) is 0 Å². The van der Waals surface area contributed by atoms with Gasteiger partial charge in [0.1, 0.15) is 0 Å². The lowest BCUT2D eigenvalue weighted by Crippen LogP contribution is -2.45. The average molecular weight is 412 g/mol. The van der Waals surface area contributed by atoms with E-state index < -0.39 is 0 Å². The van der Waals surface area contributed by atoms with Crippen molar-refractivity contribution in [1.82, 2.24) is 10.2 Å². The molecule has 1 N–H and O–H groups in total. The Morgan fingerprint density at radius 3 is 2.57 bits per heavy atom. The zero-order valence-electron chi connectivity index (χ0n) is 17.9. The van der Waals surface area contributed by atoms with Gasteiger partial charge < -0.3 is 24.5 Å². The fourth-order valence-electron chi connectivity index (χ4n) is 3.32. The minimum Gasteiger partial charge on any atom is -0.493 e. The highest BCUT2D eigenvalue weighted by Gasteiger charge is 2.27. The number of amides is 2. The summed E-state index contributed by atoms with van der Waals surface area (Å²) >= 11 is 0.